The van der Waals surface area contributed by atoms with Gasteiger partial charge >= 0.3 is 0 Å². The van der Waals surface area contributed by atoms with Crippen LogP contribution in [0.1, 0.15) is 49.8 Å². The molecule has 22 nitrogen and oxygen atoms in total. The smallest absolute Gasteiger partial charge is 0.245 e. The van der Waals surface area contributed by atoms with E-state index < -0.39 is 108 Å². The molecule has 402 valence electrons. The molecule has 0 aliphatic heterocycles. The van der Waals surface area contributed by atoms with Crippen LogP contribution < -0.4 is 54.0 Å². The molecular weight excluding hydrogens is 995 g/mol. The minimum atomic E-state index is -1.70. The number of primary amides is 1. The second kappa shape index (κ2) is 29.9. The van der Waals surface area contributed by atoms with E-state index in [0.29, 0.717) is 24.0 Å². The lowest BCUT2D eigenvalue weighted by atomic mass is 10.0. The van der Waals surface area contributed by atoms with Crippen molar-refractivity contribution in [3.8, 4) is 5.75 Å². The van der Waals surface area contributed by atoms with Gasteiger partial charge in [-0.3, -0.25) is 38.4 Å². The summed E-state index contributed by atoms with van der Waals surface area (Å²) in [6.07, 6.45) is -0.496. The highest BCUT2D eigenvalue weighted by atomic mass is 32.1. The van der Waals surface area contributed by atoms with Crippen LogP contribution in [0.3, 0.4) is 0 Å². The highest BCUT2D eigenvalue weighted by Crippen LogP contribution is 2.20. The van der Waals surface area contributed by atoms with Crippen LogP contribution in [0.5, 0.6) is 5.75 Å². The van der Waals surface area contributed by atoms with Gasteiger partial charge in [0.25, 0.3) is 0 Å². The number of nitrogens with one attached hydrogen (secondary N) is 9. The third-order valence-corrected chi connectivity index (χ3v) is 12.8. The number of aromatic amines is 1. The molecule has 0 fully saturated rings. The van der Waals surface area contributed by atoms with Crippen molar-refractivity contribution >= 4 is 83.4 Å². The van der Waals surface area contributed by atoms with Crippen molar-refractivity contribution in [2.45, 2.75) is 113 Å². The lowest BCUT2D eigenvalue weighted by Crippen LogP contribution is -2.62. The van der Waals surface area contributed by atoms with E-state index in [-0.39, 0.29) is 49.5 Å². The van der Waals surface area contributed by atoms with Crippen molar-refractivity contribution in [3.05, 3.63) is 102 Å². The predicted octanol–water partition coefficient (Wildman–Crippen LogP) is -1.88. The number of rotatable bonds is 30. The van der Waals surface area contributed by atoms with Gasteiger partial charge < -0.3 is 74.3 Å². The number of H-pyrrole nitrogens is 1. The van der Waals surface area contributed by atoms with Gasteiger partial charge in [-0.1, -0.05) is 60.7 Å². The zero-order valence-corrected chi connectivity index (χ0v) is 43.2. The molecule has 0 aliphatic rings. The molecule has 0 saturated heterocycles. The van der Waals surface area contributed by atoms with Gasteiger partial charge in [-0.05, 0) is 88.0 Å². The molecule has 0 aliphatic carbocycles. The number of benzene rings is 3. The monoisotopic (exact) mass is 1060 g/mol. The molecule has 3 aromatic carbocycles. The quantitative estimate of drug-likeness (QED) is 0.0201. The molecular formula is C50H69N11O11S2. The van der Waals surface area contributed by atoms with Gasteiger partial charge in [-0.15, -0.1) is 0 Å². The number of aliphatic hydroxyl groups excluding tert-OH is 2. The molecule has 0 spiro atoms. The van der Waals surface area contributed by atoms with Gasteiger partial charge in [0.15, 0.2) is 0 Å². The Bertz CT molecular complexity index is 2520. The normalized spacial score (nSPS) is 15.3. The number of thiol groups is 2. The molecule has 0 unspecified atom stereocenters. The van der Waals surface area contributed by atoms with Crippen LogP contribution in [0.4, 0.5) is 0 Å². The Morgan fingerprint density at radius 1 is 0.554 bits per heavy atom. The van der Waals surface area contributed by atoms with Crippen LogP contribution in [-0.4, -0.2) is 153 Å². The van der Waals surface area contributed by atoms with Gasteiger partial charge in [0.2, 0.25) is 47.3 Å². The van der Waals surface area contributed by atoms with Crippen LogP contribution in [0, 0.1) is 0 Å². The van der Waals surface area contributed by atoms with Crippen LogP contribution in [0.2, 0.25) is 0 Å². The second-order valence-corrected chi connectivity index (χ2v) is 18.5. The number of aromatic hydroxyl groups is 1. The Kier molecular flexibility index (Phi) is 24.2. The van der Waals surface area contributed by atoms with Crippen molar-refractivity contribution in [1.29, 1.82) is 0 Å². The first kappa shape index (κ1) is 59.9. The number of carbonyl (C=O) groups excluding carboxylic acids is 8. The largest absolute Gasteiger partial charge is 0.508 e. The molecule has 0 saturated carbocycles. The number of para-hydroxylation sites is 1. The Labute approximate surface area is 439 Å². The van der Waals surface area contributed by atoms with E-state index in [0.717, 1.165) is 16.5 Å². The number of hydrogen-bond donors (Lipinski definition) is 16. The zero-order chi connectivity index (χ0) is 54.5. The zero-order valence-electron chi connectivity index (χ0n) is 41.4. The average molecular weight is 1060 g/mol. The maximum absolute atomic E-state index is 14.7. The van der Waals surface area contributed by atoms with Crippen molar-refractivity contribution in [1.82, 2.24) is 47.5 Å². The van der Waals surface area contributed by atoms with Gasteiger partial charge in [-0.2, -0.15) is 25.3 Å². The Morgan fingerprint density at radius 2 is 1.01 bits per heavy atom. The lowest BCUT2D eigenvalue weighted by Gasteiger charge is -2.28. The number of phenolic OH excluding ortho intramolecular Hbond substituents is 1. The number of phenols is 1. The standard InChI is InChI=1S/C50H69N11O11S2/c1-27(62)41(43(52)65)60-49(71)40(26-74)59-50(72)42(28(2)63)61-44(66)35(15-9-10-20-51)55-47(69)38(23-31-24-54-34-14-8-7-13-33(31)34)57-46(68)37(22-29-11-5-4-6-12-29)56-48(70)39(25-73)58-45(67)36(53-3)21-30-16-18-32(64)19-17-30/h4-8,11-14,16-19,24,27-28,35-42,53-54,62-64,73-74H,9-10,15,20-23,25-26,51H2,1-3H3,(H2,52,65)(H,55,69)(H,56,70)(H,57,68)(H,58,67)(H,59,72)(H,60,71)(H,61,66)/t27-,28-,35+,36+,37+,38-,39+,40+,41+,42+/m1/s1. The number of aliphatic hydroxyl groups is 2. The molecule has 24 heteroatoms. The first-order valence-corrected chi connectivity index (χ1v) is 25.3. The molecule has 8 amide bonds. The van der Waals surface area contributed by atoms with Crippen LogP contribution >= 0.6 is 25.3 Å². The van der Waals surface area contributed by atoms with Gasteiger partial charge in [-0.25, -0.2) is 0 Å². The number of aromatic nitrogens is 1. The van der Waals surface area contributed by atoms with E-state index in [4.69, 9.17) is 11.5 Å². The van der Waals surface area contributed by atoms with Crippen molar-refractivity contribution < 1.29 is 53.7 Å². The maximum Gasteiger partial charge on any atom is 0.245 e. The van der Waals surface area contributed by atoms with E-state index in [1.165, 1.54) is 26.0 Å². The summed E-state index contributed by atoms with van der Waals surface area (Å²) < 4.78 is 0. The van der Waals surface area contributed by atoms with Crippen molar-refractivity contribution in [2.24, 2.45) is 11.5 Å². The fraction of sp³-hybridized carbons (Fsp3) is 0.440. The molecule has 10 atom stereocenters. The van der Waals surface area contributed by atoms with E-state index in [1.54, 1.807) is 61.8 Å². The Balaban J connectivity index is 1.62. The van der Waals surface area contributed by atoms with E-state index in [9.17, 15) is 53.7 Å². The highest BCUT2D eigenvalue weighted by molar-refractivity contribution is 7.80. The maximum atomic E-state index is 14.7. The Hall–Kier alpha value is -6.70. The fourth-order valence-electron chi connectivity index (χ4n) is 7.83. The second-order valence-electron chi connectivity index (χ2n) is 17.8. The average Bonchev–Trinajstić information content (AvgIpc) is 3.79. The van der Waals surface area contributed by atoms with Crippen molar-refractivity contribution in [2.75, 3.05) is 25.1 Å². The van der Waals surface area contributed by atoms with Gasteiger partial charge in [0.1, 0.15) is 48.0 Å². The minimum absolute atomic E-state index is 0.0148. The lowest BCUT2D eigenvalue weighted by molar-refractivity contribution is -0.137. The number of fused-ring (bicyclic) bond motifs is 1. The fourth-order valence-corrected chi connectivity index (χ4v) is 8.34. The minimum Gasteiger partial charge on any atom is -0.508 e. The van der Waals surface area contributed by atoms with Gasteiger partial charge in [0, 0.05) is 41.4 Å². The molecule has 74 heavy (non-hydrogen) atoms. The summed E-state index contributed by atoms with van der Waals surface area (Å²) in [5.74, 6) is -7.24. The van der Waals surface area contributed by atoms with Gasteiger partial charge in [0.05, 0.1) is 18.2 Å². The molecule has 4 rings (SSSR count). The number of likely N-dealkylation sites (N-methyl/N-ethyl adjacent to an activating group) is 1. The third-order valence-electron chi connectivity index (χ3n) is 12.0. The summed E-state index contributed by atoms with van der Waals surface area (Å²) in [4.78, 5) is 113. The summed E-state index contributed by atoms with van der Waals surface area (Å²) in [5, 5.41) is 52.1. The summed E-state index contributed by atoms with van der Waals surface area (Å²) in [7, 11) is 1.58. The Morgan fingerprint density at radius 3 is 1.58 bits per heavy atom. The van der Waals surface area contributed by atoms with Crippen LogP contribution in [0.15, 0.2) is 85.1 Å². The summed E-state index contributed by atoms with van der Waals surface area (Å²) >= 11 is 8.47. The molecule has 1 heterocycles. The highest BCUT2D eigenvalue weighted by Gasteiger charge is 2.36. The summed E-state index contributed by atoms with van der Waals surface area (Å²) in [6.45, 7) is 2.67. The SMILES string of the molecule is CN[C@@H](Cc1ccc(O)cc1)C(=O)N[C@@H](CS)C(=O)N[C@@H](Cc1ccccc1)C(=O)N[C@H](Cc1c[nH]c2ccccc12)C(=O)N[C@@H](CCCCN)C(=O)N[C@H](C(=O)N[C@@H](CS)C(=O)N[C@H](C(N)=O)[C@@H](C)O)[C@@H](C)O. The predicted molar refractivity (Wildman–Crippen MR) is 283 cm³/mol. The number of hydrogen-bond acceptors (Lipinski definition) is 15. The van der Waals surface area contributed by atoms with E-state index in [2.05, 4.69) is 72.8 Å². The first-order chi connectivity index (χ1) is 35.3. The van der Waals surface area contributed by atoms with E-state index in [1.807, 2.05) is 18.2 Å². The number of carbonyl (C=O) groups is 8. The van der Waals surface area contributed by atoms with Crippen molar-refractivity contribution in [3.63, 3.8) is 0 Å². The third kappa shape index (κ3) is 18.1. The van der Waals surface area contributed by atoms with Crippen LogP contribution in [0.25, 0.3) is 10.9 Å². The molecule has 4 aromatic rings. The topological polar surface area (TPSA) is 361 Å². The van der Waals surface area contributed by atoms with E-state index >= 15 is 0 Å². The number of amides is 8. The van der Waals surface area contributed by atoms with Crippen LogP contribution in [-0.2, 0) is 57.6 Å². The number of nitrogens with two attached hydrogens (primary N) is 2. The summed E-state index contributed by atoms with van der Waals surface area (Å²) in [6, 6.07) is 11.6. The molecule has 1 aromatic heterocycles. The molecule has 16 N–H and O–H groups in total. The number of unbranched alkanes of at least 4 members (excludes halogenated alkanes) is 1. The molecule has 0 bridgehead atoms. The summed E-state index contributed by atoms with van der Waals surface area (Å²) in [5.41, 5.74) is 13.8. The molecule has 0 radical (unpaired) electrons. The first-order valence-electron chi connectivity index (χ1n) is 24.0.